The van der Waals surface area contributed by atoms with Crippen molar-refractivity contribution in [3.8, 4) is 0 Å². The lowest BCUT2D eigenvalue weighted by Gasteiger charge is -2.27. The van der Waals surface area contributed by atoms with E-state index in [2.05, 4.69) is 0 Å². The van der Waals surface area contributed by atoms with E-state index in [1.165, 1.54) is 18.2 Å². The fourth-order valence-electron chi connectivity index (χ4n) is 1.68. The Morgan fingerprint density at radius 2 is 1.81 bits per heavy atom. The zero-order valence-corrected chi connectivity index (χ0v) is 8.58. The summed E-state index contributed by atoms with van der Waals surface area (Å²) in [5.41, 5.74) is 0.472. The second kappa shape index (κ2) is 4.04. The molecular weight excluding hydrogens is 204 g/mol. The molecule has 0 saturated heterocycles. The Morgan fingerprint density at radius 1 is 1.12 bits per heavy atom. The molecule has 0 fully saturated rings. The third-order valence-electron chi connectivity index (χ3n) is 2.55. The minimum Gasteiger partial charge on any atom is -0.362 e. The van der Waals surface area contributed by atoms with Gasteiger partial charge in [0, 0.05) is 5.56 Å². The van der Waals surface area contributed by atoms with Crippen LogP contribution < -0.4 is 0 Å². The first kappa shape index (κ1) is 10.8. The van der Waals surface area contributed by atoms with Gasteiger partial charge < -0.3 is 10.2 Å². The summed E-state index contributed by atoms with van der Waals surface area (Å²) in [5.74, 6) is -3.34. The summed E-state index contributed by atoms with van der Waals surface area (Å²) in [6.07, 6.45) is 5.85. The molecule has 1 aliphatic rings. The Bertz CT molecular complexity index is 444. The number of hydrogen-bond donors (Lipinski definition) is 2. The normalized spacial score (nSPS) is 22.0. The molecule has 0 spiro atoms. The second-order valence-electron chi connectivity index (χ2n) is 3.74. The Labute approximate surface area is 93.4 Å². The lowest BCUT2D eigenvalue weighted by molar-refractivity contribution is -0.136. The van der Waals surface area contributed by atoms with E-state index in [4.69, 9.17) is 0 Å². The molecular formula is C13H12O3. The van der Waals surface area contributed by atoms with Gasteiger partial charge in [0.15, 0.2) is 11.6 Å². The molecule has 82 valence electrons. The number of carbonyl (C=O) groups is 1. The maximum absolute atomic E-state index is 12.0. The van der Waals surface area contributed by atoms with Crippen LogP contribution in [0.5, 0.6) is 0 Å². The molecule has 3 nitrogen and oxygen atoms in total. The van der Waals surface area contributed by atoms with Crippen molar-refractivity contribution in [3.63, 3.8) is 0 Å². The lowest BCUT2D eigenvalue weighted by Crippen LogP contribution is -2.40. The van der Waals surface area contributed by atoms with Crippen molar-refractivity contribution < 1.29 is 15.0 Å². The largest absolute Gasteiger partial charge is 0.362 e. The number of aliphatic hydroxyl groups is 2. The minimum absolute atomic E-state index is 0.300. The smallest absolute Gasteiger partial charge is 0.196 e. The van der Waals surface area contributed by atoms with Crippen LogP contribution in [0.3, 0.4) is 0 Å². The second-order valence-corrected chi connectivity index (χ2v) is 3.74. The average Bonchev–Trinajstić information content (AvgIpc) is 2.29. The van der Waals surface area contributed by atoms with Crippen LogP contribution in [-0.4, -0.2) is 21.8 Å². The highest BCUT2D eigenvalue weighted by Gasteiger charge is 2.37. The Morgan fingerprint density at radius 3 is 2.44 bits per heavy atom. The van der Waals surface area contributed by atoms with Crippen molar-refractivity contribution in [1.29, 1.82) is 0 Å². The van der Waals surface area contributed by atoms with E-state index in [0.717, 1.165) is 0 Å². The summed E-state index contributed by atoms with van der Waals surface area (Å²) >= 11 is 0. The number of hydrogen-bond acceptors (Lipinski definition) is 3. The predicted octanol–water partition coefficient (Wildman–Crippen LogP) is 1.29. The number of benzene rings is 1. The highest BCUT2D eigenvalue weighted by atomic mass is 16.5. The third kappa shape index (κ3) is 1.96. The minimum atomic E-state index is -2.10. The van der Waals surface area contributed by atoms with Crippen LogP contribution in [-0.2, 0) is 0 Å². The van der Waals surface area contributed by atoms with Gasteiger partial charge in [-0.25, -0.2) is 0 Å². The maximum Gasteiger partial charge on any atom is 0.196 e. The van der Waals surface area contributed by atoms with Gasteiger partial charge in [-0.3, -0.25) is 4.79 Å². The van der Waals surface area contributed by atoms with E-state index in [1.54, 1.807) is 36.4 Å². The molecule has 1 atom stereocenters. The van der Waals surface area contributed by atoms with Gasteiger partial charge in [-0.05, 0) is 6.08 Å². The van der Waals surface area contributed by atoms with Gasteiger partial charge in [0.2, 0.25) is 0 Å². The fourth-order valence-corrected chi connectivity index (χ4v) is 1.68. The van der Waals surface area contributed by atoms with Crippen LogP contribution in [0.4, 0.5) is 0 Å². The van der Waals surface area contributed by atoms with Gasteiger partial charge in [0.1, 0.15) is 0 Å². The van der Waals surface area contributed by atoms with Gasteiger partial charge in [0.25, 0.3) is 0 Å². The topological polar surface area (TPSA) is 57.5 Å². The first-order valence-corrected chi connectivity index (χ1v) is 5.01. The van der Waals surface area contributed by atoms with Crippen LogP contribution in [0.1, 0.15) is 10.4 Å². The maximum atomic E-state index is 12.0. The van der Waals surface area contributed by atoms with Gasteiger partial charge in [-0.1, -0.05) is 48.6 Å². The molecule has 0 aliphatic heterocycles. The van der Waals surface area contributed by atoms with E-state index in [1.807, 2.05) is 0 Å². The lowest BCUT2D eigenvalue weighted by atomic mass is 9.87. The van der Waals surface area contributed by atoms with Crippen LogP contribution >= 0.6 is 0 Å². The van der Waals surface area contributed by atoms with Crippen LogP contribution in [0.25, 0.3) is 0 Å². The molecule has 0 saturated carbocycles. The SMILES string of the molecule is O=C(c1ccccc1)C1C=CC=CC1(O)O. The molecule has 2 rings (SSSR count). The quantitative estimate of drug-likeness (QED) is 0.578. The zero-order chi connectivity index (χ0) is 11.6. The summed E-state index contributed by atoms with van der Waals surface area (Å²) in [4.78, 5) is 12.0. The average molecular weight is 216 g/mol. The number of Topliss-reactive ketones (excluding diaryl/α,β-unsaturated/α-hetero) is 1. The molecule has 0 radical (unpaired) electrons. The van der Waals surface area contributed by atoms with Gasteiger partial charge in [-0.2, -0.15) is 0 Å². The van der Waals surface area contributed by atoms with Crippen molar-refractivity contribution in [2.45, 2.75) is 5.79 Å². The first-order chi connectivity index (χ1) is 7.61. The monoisotopic (exact) mass is 216 g/mol. The molecule has 1 aliphatic carbocycles. The number of ketones is 1. The molecule has 0 aromatic heterocycles. The highest BCUT2D eigenvalue weighted by molar-refractivity contribution is 5.99. The van der Waals surface area contributed by atoms with E-state index >= 15 is 0 Å². The Balaban J connectivity index is 2.30. The number of carbonyl (C=O) groups excluding carboxylic acids is 1. The van der Waals surface area contributed by atoms with Crippen molar-refractivity contribution in [2.24, 2.45) is 5.92 Å². The summed E-state index contributed by atoms with van der Waals surface area (Å²) < 4.78 is 0. The third-order valence-corrected chi connectivity index (χ3v) is 2.55. The van der Waals surface area contributed by atoms with E-state index < -0.39 is 11.7 Å². The van der Waals surface area contributed by atoms with Gasteiger partial charge in [0.05, 0.1) is 5.92 Å². The fraction of sp³-hybridized carbons (Fsp3) is 0.154. The molecule has 0 amide bonds. The highest BCUT2D eigenvalue weighted by Crippen LogP contribution is 2.25. The standard InChI is InChI=1S/C13H12O3/c14-12(10-6-2-1-3-7-10)11-8-4-5-9-13(11,15)16/h1-9,11,15-16H. The number of allylic oxidation sites excluding steroid dienone is 2. The molecule has 2 N–H and O–H groups in total. The van der Waals surface area contributed by atoms with E-state index in [9.17, 15) is 15.0 Å². The summed E-state index contributed by atoms with van der Waals surface area (Å²) in [5, 5.41) is 19.3. The molecule has 16 heavy (non-hydrogen) atoms. The summed E-state index contributed by atoms with van der Waals surface area (Å²) in [7, 11) is 0. The van der Waals surface area contributed by atoms with E-state index in [-0.39, 0.29) is 5.78 Å². The first-order valence-electron chi connectivity index (χ1n) is 5.01. The summed E-state index contributed by atoms with van der Waals surface area (Å²) in [6.45, 7) is 0. The zero-order valence-electron chi connectivity index (χ0n) is 8.58. The molecule has 1 unspecified atom stereocenters. The molecule has 1 aromatic rings. The van der Waals surface area contributed by atoms with Crippen LogP contribution in [0, 0.1) is 5.92 Å². The van der Waals surface area contributed by atoms with Crippen molar-refractivity contribution in [2.75, 3.05) is 0 Å². The Kier molecular flexibility index (Phi) is 2.73. The number of rotatable bonds is 2. The molecule has 0 heterocycles. The van der Waals surface area contributed by atoms with Crippen molar-refractivity contribution in [1.82, 2.24) is 0 Å². The van der Waals surface area contributed by atoms with Gasteiger partial charge in [-0.15, -0.1) is 0 Å². The Hall–Kier alpha value is -1.71. The molecule has 0 bridgehead atoms. The van der Waals surface area contributed by atoms with Crippen molar-refractivity contribution in [3.05, 3.63) is 60.2 Å². The van der Waals surface area contributed by atoms with E-state index in [0.29, 0.717) is 5.56 Å². The van der Waals surface area contributed by atoms with Crippen molar-refractivity contribution >= 4 is 5.78 Å². The summed E-state index contributed by atoms with van der Waals surface area (Å²) in [6, 6.07) is 8.60. The predicted molar refractivity (Wildman–Crippen MR) is 59.7 cm³/mol. The van der Waals surface area contributed by atoms with Crippen LogP contribution in [0.2, 0.25) is 0 Å². The van der Waals surface area contributed by atoms with Gasteiger partial charge >= 0.3 is 0 Å². The van der Waals surface area contributed by atoms with Crippen LogP contribution in [0.15, 0.2) is 54.6 Å². The molecule has 3 heteroatoms. The molecule has 1 aromatic carbocycles.